The Morgan fingerprint density at radius 1 is 0.893 bits per heavy atom. The summed E-state index contributed by atoms with van der Waals surface area (Å²) in [6.07, 6.45) is 1.90. The fraction of sp³-hybridized carbons (Fsp3) is 0.650. The number of sulfonamides is 1. The Labute approximate surface area is 175 Å². The van der Waals surface area contributed by atoms with Crippen molar-refractivity contribution in [3.05, 3.63) is 27.8 Å². The first-order chi connectivity index (χ1) is 12.7. The normalized spacial score (nSPS) is 20.9. The maximum absolute atomic E-state index is 13.4. The number of benzene rings is 1. The minimum absolute atomic E-state index is 0. The number of halogens is 1. The summed E-state index contributed by atoms with van der Waals surface area (Å²) in [5.41, 5.74) is 4.91. The van der Waals surface area contributed by atoms with Gasteiger partial charge in [0.1, 0.15) is 0 Å². The average Bonchev–Trinajstić information content (AvgIpc) is 3.19. The molecule has 1 aromatic rings. The van der Waals surface area contributed by atoms with Crippen molar-refractivity contribution in [2.45, 2.75) is 58.4 Å². The van der Waals surface area contributed by atoms with Crippen molar-refractivity contribution in [3.8, 4) is 0 Å². The summed E-state index contributed by atoms with van der Waals surface area (Å²) < 4.78 is 28.3. The van der Waals surface area contributed by atoms with Crippen LogP contribution < -0.4 is 5.32 Å². The zero-order chi connectivity index (χ0) is 19.9. The van der Waals surface area contributed by atoms with Crippen molar-refractivity contribution in [2.75, 3.05) is 32.7 Å². The van der Waals surface area contributed by atoms with Crippen LogP contribution in [0.2, 0.25) is 0 Å². The van der Waals surface area contributed by atoms with E-state index in [9.17, 15) is 13.2 Å². The molecule has 2 fully saturated rings. The molecule has 3 rings (SSSR count). The van der Waals surface area contributed by atoms with Crippen molar-refractivity contribution in [1.29, 1.82) is 0 Å². The molecule has 0 aliphatic carbocycles. The number of amides is 1. The molecule has 0 spiro atoms. The van der Waals surface area contributed by atoms with Crippen LogP contribution >= 0.6 is 12.4 Å². The molecule has 2 heterocycles. The quantitative estimate of drug-likeness (QED) is 0.799. The minimum Gasteiger partial charge on any atom is -0.339 e. The lowest BCUT2D eigenvalue weighted by Gasteiger charge is -2.36. The second-order valence-corrected chi connectivity index (χ2v) is 9.71. The van der Waals surface area contributed by atoms with Crippen LogP contribution in [0.1, 0.15) is 40.7 Å². The van der Waals surface area contributed by atoms with E-state index in [2.05, 4.69) is 5.32 Å². The van der Waals surface area contributed by atoms with E-state index in [1.165, 1.54) is 0 Å². The summed E-state index contributed by atoms with van der Waals surface area (Å²) in [7, 11) is -3.57. The molecule has 2 saturated heterocycles. The topological polar surface area (TPSA) is 69.7 Å². The van der Waals surface area contributed by atoms with Crippen molar-refractivity contribution < 1.29 is 13.2 Å². The average molecular weight is 430 g/mol. The molecule has 0 radical (unpaired) electrons. The highest BCUT2D eigenvalue weighted by molar-refractivity contribution is 7.89. The Bertz CT molecular complexity index is 827. The van der Waals surface area contributed by atoms with Gasteiger partial charge in [0.05, 0.1) is 10.9 Å². The summed E-state index contributed by atoms with van der Waals surface area (Å²) in [6.45, 7) is 12.3. The zero-order valence-corrected chi connectivity index (χ0v) is 19.1. The molecule has 28 heavy (non-hydrogen) atoms. The van der Waals surface area contributed by atoms with Crippen LogP contribution in [0, 0.1) is 34.6 Å². The molecule has 2 aliphatic heterocycles. The number of rotatable bonds is 3. The summed E-state index contributed by atoms with van der Waals surface area (Å²) >= 11 is 0. The van der Waals surface area contributed by atoms with Gasteiger partial charge in [0.15, 0.2) is 0 Å². The van der Waals surface area contributed by atoms with E-state index in [4.69, 9.17) is 0 Å². The van der Waals surface area contributed by atoms with E-state index in [0.717, 1.165) is 47.2 Å². The lowest BCUT2D eigenvalue weighted by molar-refractivity contribution is -0.134. The largest absolute Gasteiger partial charge is 0.339 e. The molecule has 8 heteroatoms. The van der Waals surface area contributed by atoms with E-state index in [1.807, 2.05) is 34.6 Å². The summed E-state index contributed by atoms with van der Waals surface area (Å²) in [5, 5.41) is 3.23. The highest BCUT2D eigenvalue weighted by Crippen LogP contribution is 2.32. The van der Waals surface area contributed by atoms with Gasteiger partial charge in [-0.1, -0.05) is 0 Å². The standard InChI is InChI=1S/C20H31N3O3S.ClH/c1-13-14(2)16(4)19(17(5)15(13)3)27(25,26)23-11-9-22(10-12-23)20(24)18-7-6-8-21-18;/h18,21H,6-12H2,1-5H3;1H. The molecule has 158 valence electrons. The van der Waals surface area contributed by atoms with Crippen LogP contribution in [0.15, 0.2) is 4.90 Å². The van der Waals surface area contributed by atoms with Crippen molar-refractivity contribution >= 4 is 28.3 Å². The first-order valence-corrected chi connectivity index (χ1v) is 11.2. The van der Waals surface area contributed by atoms with Crippen LogP contribution in [0.3, 0.4) is 0 Å². The molecular weight excluding hydrogens is 398 g/mol. The van der Waals surface area contributed by atoms with Gasteiger partial charge in [0, 0.05) is 26.2 Å². The summed E-state index contributed by atoms with van der Waals surface area (Å²) in [4.78, 5) is 14.8. The number of carbonyl (C=O) groups is 1. The van der Waals surface area contributed by atoms with Crippen LogP contribution in [0.4, 0.5) is 0 Å². The number of nitrogens with one attached hydrogen (secondary N) is 1. The van der Waals surface area contributed by atoms with Gasteiger partial charge >= 0.3 is 0 Å². The van der Waals surface area contributed by atoms with Gasteiger partial charge in [-0.2, -0.15) is 4.31 Å². The fourth-order valence-corrected chi connectivity index (χ4v) is 6.23. The first kappa shape index (κ1) is 23.1. The molecule has 1 aromatic carbocycles. The minimum atomic E-state index is -3.57. The van der Waals surface area contributed by atoms with E-state index < -0.39 is 10.0 Å². The molecule has 2 aliphatic rings. The van der Waals surface area contributed by atoms with E-state index in [0.29, 0.717) is 31.1 Å². The van der Waals surface area contributed by atoms with Gasteiger partial charge < -0.3 is 10.2 Å². The highest BCUT2D eigenvalue weighted by atomic mass is 35.5. The van der Waals surface area contributed by atoms with Gasteiger partial charge in [-0.25, -0.2) is 8.42 Å². The van der Waals surface area contributed by atoms with Crippen LogP contribution in [0.5, 0.6) is 0 Å². The van der Waals surface area contributed by atoms with Crippen molar-refractivity contribution in [3.63, 3.8) is 0 Å². The molecule has 1 atom stereocenters. The van der Waals surface area contributed by atoms with Gasteiger partial charge in [0.25, 0.3) is 0 Å². The molecular formula is C20H32ClN3O3S. The number of piperazine rings is 1. The zero-order valence-electron chi connectivity index (χ0n) is 17.5. The van der Waals surface area contributed by atoms with Crippen molar-refractivity contribution in [2.24, 2.45) is 0 Å². The Morgan fingerprint density at radius 3 is 1.86 bits per heavy atom. The molecule has 0 bridgehead atoms. The number of hydrogen-bond donors (Lipinski definition) is 1. The summed E-state index contributed by atoms with van der Waals surface area (Å²) in [5.74, 6) is 0.110. The highest BCUT2D eigenvalue weighted by Gasteiger charge is 2.35. The second kappa shape index (κ2) is 8.69. The third-order valence-corrected chi connectivity index (χ3v) is 8.61. The Balaban J connectivity index is 0.00000280. The van der Waals surface area contributed by atoms with Crippen LogP contribution in [0.25, 0.3) is 0 Å². The maximum atomic E-state index is 13.4. The second-order valence-electron chi connectivity index (χ2n) is 7.83. The predicted molar refractivity (Wildman–Crippen MR) is 114 cm³/mol. The third-order valence-electron chi connectivity index (χ3n) is 6.44. The lowest BCUT2D eigenvalue weighted by atomic mass is 9.95. The maximum Gasteiger partial charge on any atom is 0.243 e. The molecule has 1 amide bonds. The molecule has 6 nitrogen and oxygen atoms in total. The Kier molecular flexibility index (Phi) is 7.18. The van der Waals surface area contributed by atoms with Gasteiger partial charge in [-0.3, -0.25) is 4.79 Å². The van der Waals surface area contributed by atoms with Gasteiger partial charge in [-0.15, -0.1) is 12.4 Å². The molecule has 1 N–H and O–H groups in total. The van der Waals surface area contributed by atoms with E-state index >= 15 is 0 Å². The number of nitrogens with zero attached hydrogens (tertiary/aromatic N) is 2. The summed E-state index contributed by atoms with van der Waals surface area (Å²) in [6, 6.07) is -0.0972. The Hall–Kier alpha value is -1.15. The fourth-order valence-electron chi connectivity index (χ4n) is 4.25. The molecule has 0 aromatic heterocycles. The monoisotopic (exact) mass is 429 g/mol. The third kappa shape index (κ3) is 3.95. The molecule has 1 unspecified atom stereocenters. The SMILES string of the molecule is Cc1c(C)c(C)c(S(=O)(=O)N2CCN(C(=O)C3CCCN3)CC2)c(C)c1C.Cl. The van der Waals surface area contributed by atoms with E-state index in [1.54, 1.807) is 9.21 Å². The Morgan fingerprint density at radius 2 is 1.39 bits per heavy atom. The van der Waals surface area contributed by atoms with Gasteiger partial charge in [0.2, 0.25) is 15.9 Å². The predicted octanol–water partition coefficient (Wildman–Crippen LogP) is 2.24. The smallest absolute Gasteiger partial charge is 0.243 e. The number of hydrogen-bond acceptors (Lipinski definition) is 4. The molecule has 0 saturated carbocycles. The van der Waals surface area contributed by atoms with E-state index in [-0.39, 0.29) is 24.4 Å². The van der Waals surface area contributed by atoms with Gasteiger partial charge in [-0.05, 0) is 81.8 Å². The van der Waals surface area contributed by atoms with Crippen molar-refractivity contribution in [1.82, 2.24) is 14.5 Å². The number of carbonyl (C=O) groups excluding carboxylic acids is 1. The van der Waals surface area contributed by atoms with Crippen LogP contribution in [-0.2, 0) is 14.8 Å². The first-order valence-electron chi connectivity index (χ1n) is 9.75. The lowest BCUT2D eigenvalue weighted by Crippen LogP contribution is -2.54. The van der Waals surface area contributed by atoms with Crippen LogP contribution in [-0.4, -0.2) is 62.3 Å².